The number of urea groups is 1. The van der Waals surface area contributed by atoms with Crippen LogP contribution >= 0.6 is 11.6 Å². The highest BCUT2D eigenvalue weighted by molar-refractivity contribution is 6.30. The van der Waals surface area contributed by atoms with E-state index in [0.717, 1.165) is 11.3 Å². The summed E-state index contributed by atoms with van der Waals surface area (Å²) in [5.74, 6) is 0.0598. The molecule has 2 aromatic rings. The topological polar surface area (TPSA) is 64.7 Å². The molecule has 3 amide bonds. The summed E-state index contributed by atoms with van der Waals surface area (Å²) in [6, 6.07) is 17.0. The van der Waals surface area contributed by atoms with Crippen molar-refractivity contribution in [3.8, 4) is 0 Å². The fourth-order valence-corrected chi connectivity index (χ4v) is 4.12. The van der Waals surface area contributed by atoms with Crippen LogP contribution in [0.3, 0.4) is 0 Å². The van der Waals surface area contributed by atoms with Gasteiger partial charge in [0, 0.05) is 30.3 Å². The van der Waals surface area contributed by atoms with Crippen molar-refractivity contribution in [1.82, 2.24) is 15.1 Å². The number of rotatable bonds is 3. The van der Waals surface area contributed by atoms with Crippen molar-refractivity contribution in [3.63, 3.8) is 0 Å². The van der Waals surface area contributed by atoms with E-state index in [1.54, 1.807) is 4.90 Å². The molecule has 2 heterocycles. The minimum atomic E-state index is -0.552. The van der Waals surface area contributed by atoms with E-state index in [4.69, 9.17) is 11.6 Å². The maximum absolute atomic E-state index is 12.7. The molecule has 0 aromatic heterocycles. The van der Waals surface area contributed by atoms with Gasteiger partial charge in [0.15, 0.2) is 0 Å². The maximum atomic E-state index is 12.7. The fraction of sp³-hybridized carbons (Fsp3) is 0.333. The third-order valence-corrected chi connectivity index (χ3v) is 5.90. The van der Waals surface area contributed by atoms with E-state index in [0.29, 0.717) is 44.2 Å². The van der Waals surface area contributed by atoms with Gasteiger partial charge in [-0.25, -0.2) is 4.79 Å². The van der Waals surface area contributed by atoms with E-state index >= 15 is 0 Å². The van der Waals surface area contributed by atoms with Gasteiger partial charge in [-0.05, 0) is 42.7 Å². The number of nitrogens with one attached hydrogen (secondary N) is 2. The summed E-state index contributed by atoms with van der Waals surface area (Å²) < 4.78 is 0. The summed E-state index contributed by atoms with van der Waals surface area (Å²) in [6.45, 7) is 2.29. The second-order valence-electron chi connectivity index (χ2n) is 7.30. The average Bonchev–Trinajstić information content (AvgIpc) is 3.00. The molecule has 0 radical (unpaired) electrons. The van der Waals surface area contributed by atoms with E-state index in [2.05, 4.69) is 15.5 Å². The van der Waals surface area contributed by atoms with Crippen molar-refractivity contribution in [1.29, 1.82) is 0 Å². The van der Waals surface area contributed by atoms with Crippen molar-refractivity contribution >= 4 is 29.2 Å². The molecular weight excluding hydrogens is 376 g/mol. The molecule has 2 fully saturated rings. The quantitative estimate of drug-likeness (QED) is 0.833. The summed E-state index contributed by atoms with van der Waals surface area (Å²) in [5, 5.41) is 6.61. The number of hydrogen-bond acceptors (Lipinski definition) is 3. The van der Waals surface area contributed by atoms with Gasteiger partial charge in [0.05, 0.1) is 6.67 Å². The molecule has 7 heteroatoms. The van der Waals surface area contributed by atoms with Gasteiger partial charge < -0.3 is 15.5 Å². The molecule has 6 nitrogen and oxygen atoms in total. The van der Waals surface area contributed by atoms with Gasteiger partial charge in [-0.15, -0.1) is 0 Å². The predicted molar refractivity (Wildman–Crippen MR) is 109 cm³/mol. The van der Waals surface area contributed by atoms with Crippen molar-refractivity contribution in [2.24, 2.45) is 0 Å². The van der Waals surface area contributed by atoms with Crippen LogP contribution in [0.15, 0.2) is 54.6 Å². The number of benzene rings is 2. The molecule has 0 bridgehead atoms. The molecule has 2 saturated heterocycles. The average molecular weight is 399 g/mol. The van der Waals surface area contributed by atoms with E-state index in [1.165, 1.54) is 0 Å². The normalized spacial score (nSPS) is 18.9. The van der Waals surface area contributed by atoms with Gasteiger partial charge in [0.1, 0.15) is 5.54 Å². The fourth-order valence-electron chi connectivity index (χ4n) is 3.99. The van der Waals surface area contributed by atoms with Gasteiger partial charge >= 0.3 is 6.03 Å². The lowest BCUT2D eigenvalue weighted by Gasteiger charge is -2.42. The number of para-hydroxylation sites is 1. The SMILES string of the molecule is O=C(Nc1ccccc1)N1CCC2(CC1)C(=O)NCN2Cc1ccc(Cl)cc1. The lowest BCUT2D eigenvalue weighted by atomic mass is 9.86. The summed E-state index contributed by atoms with van der Waals surface area (Å²) >= 11 is 5.97. The first-order valence-corrected chi connectivity index (χ1v) is 9.83. The summed E-state index contributed by atoms with van der Waals surface area (Å²) in [4.78, 5) is 29.2. The number of anilines is 1. The Balaban J connectivity index is 1.41. The molecule has 0 atom stereocenters. The Morgan fingerprint density at radius 1 is 1.07 bits per heavy atom. The Morgan fingerprint density at radius 3 is 2.43 bits per heavy atom. The Morgan fingerprint density at radius 2 is 1.75 bits per heavy atom. The van der Waals surface area contributed by atoms with Crippen molar-refractivity contribution in [3.05, 3.63) is 65.2 Å². The minimum absolute atomic E-state index is 0.0598. The highest BCUT2D eigenvalue weighted by Crippen LogP contribution is 2.34. The Kier molecular flexibility index (Phi) is 5.24. The Bertz CT molecular complexity index is 848. The highest BCUT2D eigenvalue weighted by Gasteiger charge is 2.50. The number of nitrogens with zero attached hydrogens (tertiary/aromatic N) is 2. The van der Waals surface area contributed by atoms with Gasteiger partial charge in [-0.3, -0.25) is 9.69 Å². The van der Waals surface area contributed by atoms with Crippen molar-refractivity contribution < 1.29 is 9.59 Å². The number of piperidine rings is 1. The van der Waals surface area contributed by atoms with E-state index in [1.807, 2.05) is 54.6 Å². The Hall–Kier alpha value is -2.57. The second kappa shape index (κ2) is 7.81. The highest BCUT2D eigenvalue weighted by atomic mass is 35.5. The first-order valence-electron chi connectivity index (χ1n) is 9.46. The lowest BCUT2D eigenvalue weighted by molar-refractivity contribution is -0.129. The van der Waals surface area contributed by atoms with Crippen LogP contribution in [-0.4, -0.2) is 47.0 Å². The van der Waals surface area contributed by atoms with Gasteiger partial charge in [0.2, 0.25) is 5.91 Å². The molecule has 2 aliphatic heterocycles. The molecule has 2 aliphatic rings. The van der Waals surface area contributed by atoms with Crippen LogP contribution in [0.5, 0.6) is 0 Å². The van der Waals surface area contributed by atoms with Crippen LogP contribution in [0.25, 0.3) is 0 Å². The van der Waals surface area contributed by atoms with Crippen molar-refractivity contribution in [2.45, 2.75) is 24.9 Å². The number of hydrogen-bond donors (Lipinski definition) is 2. The summed E-state index contributed by atoms with van der Waals surface area (Å²) in [5.41, 5.74) is 1.34. The third kappa shape index (κ3) is 3.70. The number of likely N-dealkylation sites (tertiary alicyclic amines) is 1. The lowest BCUT2D eigenvalue weighted by Crippen LogP contribution is -2.57. The van der Waals surface area contributed by atoms with Crippen LogP contribution < -0.4 is 10.6 Å². The summed E-state index contributed by atoms with van der Waals surface area (Å²) in [7, 11) is 0. The number of carbonyl (C=O) groups is 2. The zero-order valence-electron chi connectivity index (χ0n) is 15.5. The number of amides is 3. The number of halogens is 1. The molecule has 28 heavy (non-hydrogen) atoms. The number of carbonyl (C=O) groups excluding carboxylic acids is 2. The zero-order valence-corrected chi connectivity index (χ0v) is 16.3. The van der Waals surface area contributed by atoms with Crippen LogP contribution in [0.2, 0.25) is 5.02 Å². The first kappa shape index (κ1) is 18.8. The molecule has 2 N–H and O–H groups in total. The third-order valence-electron chi connectivity index (χ3n) is 5.65. The van der Waals surface area contributed by atoms with Crippen molar-refractivity contribution in [2.75, 3.05) is 25.1 Å². The summed E-state index contributed by atoms with van der Waals surface area (Å²) in [6.07, 6.45) is 1.24. The molecule has 0 unspecified atom stereocenters. The van der Waals surface area contributed by atoms with E-state index in [-0.39, 0.29) is 11.9 Å². The predicted octanol–water partition coefficient (Wildman–Crippen LogP) is 3.30. The van der Waals surface area contributed by atoms with Crippen LogP contribution in [-0.2, 0) is 11.3 Å². The molecular formula is C21H23ClN4O2. The largest absolute Gasteiger partial charge is 0.342 e. The standard InChI is InChI=1S/C21H23ClN4O2/c22-17-8-6-16(7-9-17)14-26-15-23-19(27)21(26)10-12-25(13-11-21)20(28)24-18-4-2-1-3-5-18/h1-9H,10-15H2,(H,23,27)(H,24,28). The Labute approximate surface area is 169 Å². The monoisotopic (exact) mass is 398 g/mol. The van der Waals surface area contributed by atoms with Gasteiger partial charge in [-0.1, -0.05) is 41.9 Å². The maximum Gasteiger partial charge on any atom is 0.321 e. The molecule has 0 saturated carbocycles. The molecule has 4 rings (SSSR count). The van der Waals surface area contributed by atoms with Crippen LogP contribution in [0.1, 0.15) is 18.4 Å². The molecule has 146 valence electrons. The van der Waals surface area contributed by atoms with E-state index in [9.17, 15) is 9.59 Å². The first-order chi connectivity index (χ1) is 13.6. The van der Waals surface area contributed by atoms with Gasteiger partial charge in [-0.2, -0.15) is 0 Å². The van der Waals surface area contributed by atoms with E-state index < -0.39 is 5.54 Å². The smallest absolute Gasteiger partial charge is 0.321 e. The molecule has 0 aliphatic carbocycles. The zero-order chi connectivity index (χ0) is 19.6. The van der Waals surface area contributed by atoms with Gasteiger partial charge in [0.25, 0.3) is 0 Å². The molecule has 1 spiro atoms. The minimum Gasteiger partial charge on any atom is -0.342 e. The van der Waals surface area contributed by atoms with Crippen LogP contribution in [0, 0.1) is 0 Å². The van der Waals surface area contributed by atoms with Crippen LogP contribution in [0.4, 0.5) is 10.5 Å². The second-order valence-corrected chi connectivity index (χ2v) is 7.74. The molecule has 2 aromatic carbocycles.